The Kier molecular flexibility index (Phi) is 4.01. The average molecular weight is 216 g/mol. The highest BCUT2D eigenvalue weighted by Gasteiger charge is 2.17. The molecule has 0 bridgehead atoms. The van der Waals surface area contributed by atoms with Crippen LogP contribution in [-0.4, -0.2) is 17.8 Å². The molecular formula is C10H14ClNO2. The zero-order valence-corrected chi connectivity index (χ0v) is 9.04. The zero-order valence-electron chi connectivity index (χ0n) is 8.29. The molecule has 4 heteroatoms. The van der Waals surface area contributed by atoms with Gasteiger partial charge in [-0.15, -0.1) is 11.6 Å². The van der Waals surface area contributed by atoms with Crippen molar-refractivity contribution >= 4 is 17.5 Å². The van der Waals surface area contributed by atoms with Crippen molar-refractivity contribution < 1.29 is 9.21 Å². The van der Waals surface area contributed by atoms with Gasteiger partial charge in [0.2, 0.25) is 0 Å². The molecule has 0 aliphatic carbocycles. The van der Waals surface area contributed by atoms with Crippen LogP contribution in [0.1, 0.15) is 24.4 Å². The summed E-state index contributed by atoms with van der Waals surface area (Å²) in [5.74, 6) is 0.825. The molecule has 1 aromatic heterocycles. The van der Waals surface area contributed by atoms with Crippen molar-refractivity contribution in [3.63, 3.8) is 0 Å². The Labute approximate surface area is 88.4 Å². The molecular weight excluding hydrogens is 202 g/mol. The Bertz CT molecular complexity index is 282. The van der Waals surface area contributed by atoms with Gasteiger partial charge in [-0.3, -0.25) is 4.79 Å². The number of rotatable bonds is 4. The van der Waals surface area contributed by atoms with Crippen LogP contribution < -0.4 is 5.32 Å². The summed E-state index contributed by atoms with van der Waals surface area (Å²) in [5, 5.41) is 2.80. The van der Waals surface area contributed by atoms with Gasteiger partial charge in [0, 0.05) is 11.9 Å². The van der Waals surface area contributed by atoms with Gasteiger partial charge < -0.3 is 9.73 Å². The van der Waals surface area contributed by atoms with Gasteiger partial charge in [-0.25, -0.2) is 0 Å². The lowest BCUT2D eigenvalue weighted by atomic mass is 10.1. The Hall–Kier alpha value is -0.960. The summed E-state index contributed by atoms with van der Waals surface area (Å²) in [6.07, 6.45) is 1.47. The van der Waals surface area contributed by atoms with Crippen LogP contribution in [0.2, 0.25) is 0 Å². The Balaban J connectivity index is 2.56. The minimum atomic E-state index is -0.214. The molecule has 0 aromatic carbocycles. The third-order valence-electron chi connectivity index (χ3n) is 2.03. The highest BCUT2D eigenvalue weighted by Crippen LogP contribution is 2.06. The van der Waals surface area contributed by atoms with Crippen molar-refractivity contribution in [3.05, 3.63) is 24.2 Å². The second-order valence-electron chi connectivity index (χ2n) is 3.46. The van der Waals surface area contributed by atoms with E-state index in [1.807, 2.05) is 13.8 Å². The third-order valence-corrected chi connectivity index (χ3v) is 2.36. The molecule has 1 N–H and O–H groups in total. The fourth-order valence-electron chi connectivity index (χ4n) is 1.03. The Morgan fingerprint density at radius 2 is 2.36 bits per heavy atom. The van der Waals surface area contributed by atoms with Gasteiger partial charge in [0.05, 0.1) is 6.26 Å². The summed E-state index contributed by atoms with van der Waals surface area (Å²) in [6, 6.07) is 3.29. The van der Waals surface area contributed by atoms with Crippen LogP contribution in [0.4, 0.5) is 0 Å². The summed E-state index contributed by atoms with van der Waals surface area (Å²) in [5.41, 5.74) is 0. The molecule has 1 heterocycles. The fourth-order valence-corrected chi connectivity index (χ4v) is 1.46. The highest BCUT2D eigenvalue weighted by atomic mass is 35.5. The third kappa shape index (κ3) is 2.77. The minimum Gasteiger partial charge on any atom is -0.459 e. The van der Waals surface area contributed by atoms with Gasteiger partial charge in [-0.2, -0.15) is 0 Å². The lowest BCUT2D eigenvalue weighted by Gasteiger charge is -2.18. The number of amides is 1. The first-order valence-electron chi connectivity index (χ1n) is 4.55. The van der Waals surface area contributed by atoms with Gasteiger partial charge in [0.15, 0.2) is 5.76 Å². The maximum Gasteiger partial charge on any atom is 0.287 e. The summed E-state index contributed by atoms with van der Waals surface area (Å²) in [7, 11) is 0. The van der Waals surface area contributed by atoms with Crippen molar-refractivity contribution in [2.45, 2.75) is 19.9 Å². The summed E-state index contributed by atoms with van der Waals surface area (Å²) >= 11 is 5.72. The minimum absolute atomic E-state index is 0.0192. The smallest absolute Gasteiger partial charge is 0.287 e. The molecule has 0 aliphatic heterocycles. The molecule has 0 aliphatic rings. The molecule has 0 radical (unpaired) electrons. The van der Waals surface area contributed by atoms with Crippen molar-refractivity contribution in [1.29, 1.82) is 0 Å². The van der Waals surface area contributed by atoms with E-state index in [0.717, 1.165) is 0 Å². The van der Waals surface area contributed by atoms with Crippen LogP contribution in [0.25, 0.3) is 0 Å². The molecule has 0 saturated carbocycles. The monoisotopic (exact) mass is 215 g/mol. The average Bonchev–Trinajstić information content (AvgIpc) is 2.65. The number of halogens is 1. The van der Waals surface area contributed by atoms with Crippen molar-refractivity contribution in [2.24, 2.45) is 5.92 Å². The molecule has 1 amide bonds. The molecule has 0 fully saturated rings. The molecule has 1 rings (SSSR count). The Morgan fingerprint density at radius 3 is 2.79 bits per heavy atom. The van der Waals surface area contributed by atoms with Crippen molar-refractivity contribution in [2.75, 3.05) is 5.88 Å². The van der Waals surface area contributed by atoms with Crippen LogP contribution in [0.5, 0.6) is 0 Å². The maximum atomic E-state index is 11.5. The zero-order chi connectivity index (χ0) is 10.6. The van der Waals surface area contributed by atoms with E-state index in [-0.39, 0.29) is 11.9 Å². The molecule has 78 valence electrons. The van der Waals surface area contributed by atoms with E-state index in [2.05, 4.69) is 5.32 Å². The van der Waals surface area contributed by atoms with E-state index >= 15 is 0 Å². The molecule has 1 unspecified atom stereocenters. The standard InChI is InChI=1S/C10H14ClNO2/c1-7(2)8(6-11)12-10(13)9-4-3-5-14-9/h3-5,7-8H,6H2,1-2H3,(H,12,13). The van der Waals surface area contributed by atoms with Crippen LogP contribution in [0, 0.1) is 5.92 Å². The van der Waals surface area contributed by atoms with E-state index in [0.29, 0.717) is 17.6 Å². The lowest BCUT2D eigenvalue weighted by molar-refractivity contribution is 0.0903. The number of carbonyl (C=O) groups excluding carboxylic acids is 1. The first-order chi connectivity index (χ1) is 6.65. The highest BCUT2D eigenvalue weighted by molar-refractivity contribution is 6.18. The van der Waals surface area contributed by atoms with E-state index in [1.54, 1.807) is 12.1 Å². The first kappa shape index (κ1) is 11.1. The first-order valence-corrected chi connectivity index (χ1v) is 5.09. The van der Waals surface area contributed by atoms with Gasteiger partial charge >= 0.3 is 0 Å². The van der Waals surface area contributed by atoms with Crippen LogP contribution in [0.15, 0.2) is 22.8 Å². The number of hydrogen-bond donors (Lipinski definition) is 1. The van der Waals surface area contributed by atoms with Crippen LogP contribution in [0.3, 0.4) is 0 Å². The SMILES string of the molecule is CC(C)C(CCl)NC(=O)c1ccco1. The number of nitrogens with one attached hydrogen (secondary N) is 1. The molecule has 1 aromatic rings. The quantitative estimate of drug-likeness (QED) is 0.783. The molecule has 14 heavy (non-hydrogen) atoms. The second kappa shape index (κ2) is 5.05. The van der Waals surface area contributed by atoms with E-state index in [9.17, 15) is 4.79 Å². The van der Waals surface area contributed by atoms with Crippen molar-refractivity contribution in [3.8, 4) is 0 Å². The molecule has 0 saturated heterocycles. The predicted octanol–water partition coefficient (Wildman–Crippen LogP) is 2.27. The fraction of sp³-hybridized carbons (Fsp3) is 0.500. The van der Waals surface area contributed by atoms with Gasteiger partial charge in [-0.05, 0) is 18.1 Å². The lowest BCUT2D eigenvalue weighted by Crippen LogP contribution is -2.39. The Morgan fingerprint density at radius 1 is 1.64 bits per heavy atom. The topological polar surface area (TPSA) is 42.2 Å². The molecule has 3 nitrogen and oxygen atoms in total. The number of furan rings is 1. The van der Waals surface area contributed by atoms with Gasteiger partial charge in [0.25, 0.3) is 5.91 Å². The largest absolute Gasteiger partial charge is 0.459 e. The van der Waals surface area contributed by atoms with E-state index in [1.165, 1.54) is 6.26 Å². The van der Waals surface area contributed by atoms with E-state index < -0.39 is 0 Å². The second-order valence-corrected chi connectivity index (χ2v) is 3.76. The summed E-state index contributed by atoms with van der Waals surface area (Å²) < 4.78 is 4.97. The normalized spacial score (nSPS) is 12.9. The molecule has 1 atom stereocenters. The van der Waals surface area contributed by atoms with Gasteiger partial charge in [0.1, 0.15) is 0 Å². The van der Waals surface area contributed by atoms with Crippen LogP contribution in [-0.2, 0) is 0 Å². The van der Waals surface area contributed by atoms with Gasteiger partial charge in [-0.1, -0.05) is 13.8 Å². The number of alkyl halides is 1. The predicted molar refractivity (Wildman–Crippen MR) is 55.5 cm³/mol. The summed E-state index contributed by atoms with van der Waals surface area (Å²) in [4.78, 5) is 11.5. The number of carbonyl (C=O) groups is 1. The molecule has 0 spiro atoms. The van der Waals surface area contributed by atoms with Crippen molar-refractivity contribution in [1.82, 2.24) is 5.32 Å². The number of hydrogen-bond acceptors (Lipinski definition) is 2. The summed E-state index contributed by atoms with van der Waals surface area (Å²) in [6.45, 7) is 4.02. The maximum absolute atomic E-state index is 11.5. The van der Waals surface area contributed by atoms with Crippen LogP contribution >= 0.6 is 11.6 Å². The van der Waals surface area contributed by atoms with E-state index in [4.69, 9.17) is 16.0 Å².